The summed E-state index contributed by atoms with van der Waals surface area (Å²) in [5, 5.41) is 8.91. The Kier molecular flexibility index (Phi) is 5.11. The summed E-state index contributed by atoms with van der Waals surface area (Å²) in [7, 11) is 0. The van der Waals surface area contributed by atoms with E-state index in [-0.39, 0.29) is 0 Å². The number of likely N-dealkylation sites (tertiary alicyclic amines) is 1. The largest absolute Gasteiger partial charge is 0.396 e. The number of aliphatic hydroxyl groups excluding tert-OH is 1. The Morgan fingerprint density at radius 2 is 2.09 bits per heavy atom. The summed E-state index contributed by atoms with van der Waals surface area (Å²) >= 11 is 0. The fourth-order valence-electron chi connectivity index (χ4n) is 3.67. The summed E-state index contributed by atoms with van der Waals surface area (Å²) in [4.78, 5) is 7.53. The number of aliphatic hydroxyl groups is 1. The third-order valence-electron chi connectivity index (χ3n) is 4.77. The molecule has 2 aromatic rings. The predicted octanol–water partition coefficient (Wildman–Crippen LogP) is 3.36. The van der Waals surface area contributed by atoms with Crippen molar-refractivity contribution in [3.8, 4) is 0 Å². The molecule has 1 fully saturated rings. The monoisotopic (exact) mass is 301 g/mol. The molecule has 2 heterocycles. The summed E-state index contributed by atoms with van der Waals surface area (Å²) in [5.41, 5.74) is 2.37. The van der Waals surface area contributed by atoms with E-state index in [9.17, 15) is 0 Å². The molecule has 0 saturated carbocycles. The first kappa shape index (κ1) is 15.5. The second-order valence-corrected chi connectivity index (χ2v) is 6.18. The van der Waals surface area contributed by atoms with Gasteiger partial charge in [0.25, 0.3) is 0 Å². The number of benzene rings is 1. The van der Waals surface area contributed by atoms with Crippen LogP contribution >= 0.6 is 0 Å². The number of aromatic nitrogens is 2. The third kappa shape index (κ3) is 3.03. The van der Waals surface area contributed by atoms with Crippen molar-refractivity contribution in [2.24, 2.45) is 0 Å². The number of aryl methyl sites for hydroxylation is 1. The minimum atomic E-state index is 0.315. The number of rotatable bonds is 7. The minimum absolute atomic E-state index is 0.315. The molecule has 1 aliphatic heterocycles. The highest BCUT2D eigenvalue weighted by Crippen LogP contribution is 2.33. The molecule has 0 aliphatic carbocycles. The van der Waals surface area contributed by atoms with Crippen LogP contribution in [0.5, 0.6) is 0 Å². The van der Waals surface area contributed by atoms with Gasteiger partial charge in [0, 0.05) is 13.2 Å². The highest BCUT2D eigenvalue weighted by molar-refractivity contribution is 5.76. The number of hydrogen-bond acceptors (Lipinski definition) is 3. The second kappa shape index (κ2) is 7.25. The molecule has 1 unspecified atom stereocenters. The molecule has 1 aliphatic rings. The van der Waals surface area contributed by atoms with E-state index in [1.54, 1.807) is 0 Å². The Morgan fingerprint density at radius 1 is 1.23 bits per heavy atom. The van der Waals surface area contributed by atoms with Gasteiger partial charge in [-0.3, -0.25) is 4.90 Å². The highest BCUT2D eigenvalue weighted by atomic mass is 16.2. The zero-order chi connectivity index (χ0) is 15.4. The Hall–Kier alpha value is -1.39. The zero-order valence-corrected chi connectivity index (χ0v) is 13.5. The maximum absolute atomic E-state index is 8.91. The molecule has 4 heteroatoms. The van der Waals surface area contributed by atoms with Gasteiger partial charge in [0.2, 0.25) is 0 Å². The molecule has 1 aromatic carbocycles. The topological polar surface area (TPSA) is 41.3 Å². The van der Waals surface area contributed by atoms with Crippen LogP contribution in [0.3, 0.4) is 0 Å². The van der Waals surface area contributed by atoms with E-state index in [4.69, 9.17) is 10.1 Å². The number of nitrogens with zero attached hydrogens (tertiary/aromatic N) is 3. The number of fused-ring (bicyclic) bond motifs is 1. The van der Waals surface area contributed by atoms with Crippen molar-refractivity contribution in [2.45, 2.75) is 51.6 Å². The summed E-state index contributed by atoms with van der Waals surface area (Å²) in [6.45, 7) is 5.80. The minimum Gasteiger partial charge on any atom is -0.396 e. The number of para-hydroxylation sites is 2. The molecule has 4 nitrogen and oxygen atoms in total. The van der Waals surface area contributed by atoms with Crippen LogP contribution in [0.1, 0.15) is 50.9 Å². The van der Waals surface area contributed by atoms with Crippen LogP contribution < -0.4 is 0 Å². The summed E-state index contributed by atoms with van der Waals surface area (Å²) in [6, 6.07) is 8.92. The van der Waals surface area contributed by atoms with Crippen LogP contribution in [0.4, 0.5) is 0 Å². The van der Waals surface area contributed by atoms with Crippen molar-refractivity contribution >= 4 is 11.0 Å². The lowest BCUT2D eigenvalue weighted by atomic mass is 10.2. The van der Waals surface area contributed by atoms with Gasteiger partial charge in [0.05, 0.1) is 17.1 Å². The fourth-order valence-corrected chi connectivity index (χ4v) is 3.67. The number of imidazole rings is 1. The first-order valence-corrected chi connectivity index (χ1v) is 8.65. The van der Waals surface area contributed by atoms with Gasteiger partial charge >= 0.3 is 0 Å². The van der Waals surface area contributed by atoms with Crippen LogP contribution in [0, 0.1) is 0 Å². The summed E-state index contributed by atoms with van der Waals surface area (Å²) < 4.78 is 2.38. The maximum Gasteiger partial charge on any atom is 0.127 e. The first-order valence-electron chi connectivity index (χ1n) is 8.65. The Bertz CT molecular complexity index is 607. The van der Waals surface area contributed by atoms with Gasteiger partial charge in [0.15, 0.2) is 0 Å². The van der Waals surface area contributed by atoms with Crippen molar-refractivity contribution in [1.82, 2.24) is 14.5 Å². The van der Waals surface area contributed by atoms with E-state index in [0.717, 1.165) is 31.4 Å². The van der Waals surface area contributed by atoms with E-state index < -0.39 is 0 Å². The van der Waals surface area contributed by atoms with Crippen molar-refractivity contribution < 1.29 is 5.11 Å². The third-order valence-corrected chi connectivity index (χ3v) is 4.77. The van der Waals surface area contributed by atoms with Crippen molar-refractivity contribution in [3.05, 3.63) is 30.1 Å². The van der Waals surface area contributed by atoms with E-state index in [1.807, 2.05) is 0 Å². The molecule has 0 radical (unpaired) electrons. The van der Waals surface area contributed by atoms with Crippen LogP contribution in [0.2, 0.25) is 0 Å². The van der Waals surface area contributed by atoms with Gasteiger partial charge in [-0.15, -0.1) is 0 Å². The lowest BCUT2D eigenvalue weighted by Gasteiger charge is -2.24. The van der Waals surface area contributed by atoms with Crippen LogP contribution in [0.15, 0.2) is 24.3 Å². The first-order chi connectivity index (χ1) is 10.8. The quantitative estimate of drug-likeness (QED) is 0.797. The molecule has 1 aromatic heterocycles. The molecule has 1 saturated heterocycles. The normalized spacial score (nSPS) is 19.3. The number of hydrogen-bond donors (Lipinski definition) is 1. The standard InChI is InChI=1S/C18H27N3O/c1-2-21-16-10-5-4-9-15(16)19-18(21)17-11-8-13-20(17)12-6-3-7-14-22/h4-5,9-10,17,22H,2-3,6-8,11-14H2,1H3. The van der Waals surface area contributed by atoms with Gasteiger partial charge in [-0.05, 0) is 64.3 Å². The molecule has 22 heavy (non-hydrogen) atoms. The molecule has 0 bridgehead atoms. The molecule has 1 atom stereocenters. The zero-order valence-electron chi connectivity index (χ0n) is 13.5. The van der Waals surface area contributed by atoms with Crippen LogP contribution in [-0.2, 0) is 6.54 Å². The Morgan fingerprint density at radius 3 is 2.91 bits per heavy atom. The lowest BCUT2D eigenvalue weighted by Crippen LogP contribution is -2.26. The van der Waals surface area contributed by atoms with Crippen molar-refractivity contribution in [2.75, 3.05) is 19.7 Å². The molecule has 1 N–H and O–H groups in total. The molecule has 3 rings (SSSR count). The molecular weight excluding hydrogens is 274 g/mol. The van der Waals surface area contributed by atoms with Crippen molar-refractivity contribution in [3.63, 3.8) is 0 Å². The van der Waals surface area contributed by atoms with Gasteiger partial charge < -0.3 is 9.67 Å². The second-order valence-electron chi connectivity index (χ2n) is 6.18. The highest BCUT2D eigenvalue weighted by Gasteiger charge is 2.29. The van der Waals surface area contributed by atoms with Gasteiger partial charge in [-0.2, -0.15) is 0 Å². The molecule has 0 spiro atoms. The number of unbranched alkanes of at least 4 members (excludes halogenated alkanes) is 2. The van der Waals surface area contributed by atoms with Gasteiger partial charge in [-0.1, -0.05) is 12.1 Å². The van der Waals surface area contributed by atoms with E-state index in [1.165, 1.54) is 37.1 Å². The molecule has 0 amide bonds. The smallest absolute Gasteiger partial charge is 0.127 e. The van der Waals surface area contributed by atoms with Gasteiger partial charge in [0.1, 0.15) is 5.82 Å². The van der Waals surface area contributed by atoms with E-state index in [2.05, 4.69) is 40.7 Å². The Balaban J connectivity index is 1.80. The predicted molar refractivity (Wildman–Crippen MR) is 89.9 cm³/mol. The average molecular weight is 301 g/mol. The fraction of sp³-hybridized carbons (Fsp3) is 0.611. The lowest BCUT2D eigenvalue weighted by molar-refractivity contribution is 0.231. The Labute approximate surface area is 132 Å². The SMILES string of the molecule is CCn1c(C2CCCN2CCCCCO)nc2ccccc21. The maximum atomic E-state index is 8.91. The van der Waals surface area contributed by atoms with Crippen LogP contribution in [-0.4, -0.2) is 39.3 Å². The van der Waals surface area contributed by atoms with E-state index in [0.29, 0.717) is 12.6 Å². The molecule has 120 valence electrons. The summed E-state index contributed by atoms with van der Waals surface area (Å²) in [5.74, 6) is 1.24. The van der Waals surface area contributed by atoms with Crippen molar-refractivity contribution in [1.29, 1.82) is 0 Å². The summed E-state index contributed by atoms with van der Waals surface area (Å²) in [6.07, 6.45) is 5.68. The van der Waals surface area contributed by atoms with Crippen LogP contribution in [0.25, 0.3) is 11.0 Å². The van der Waals surface area contributed by atoms with Gasteiger partial charge in [-0.25, -0.2) is 4.98 Å². The average Bonchev–Trinajstić information content (AvgIpc) is 3.14. The van der Waals surface area contributed by atoms with E-state index >= 15 is 0 Å². The molecular formula is C18H27N3O.